The molecule has 3 rings (SSSR count). The molecule has 6 nitrogen and oxygen atoms in total. The number of rotatable bonds is 5. The smallest absolute Gasteiger partial charge is 0.323 e. The Morgan fingerprint density at radius 2 is 1.56 bits per heavy atom. The molecule has 1 aliphatic heterocycles. The molecule has 2 aromatic carbocycles. The van der Waals surface area contributed by atoms with Crippen LogP contribution in [-0.4, -0.2) is 33.3 Å². The second-order valence-electron chi connectivity index (χ2n) is 6.39. The Hall–Kier alpha value is -2.96. The summed E-state index contributed by atoms with van der Waals surface area (Å²) in [5.41, 5.74) is 1.48. The maximum atomic E-state index is 14.5. The summed E-state index contributed by atoms with van der Waals surface area (Å²) in [4.78, 5) is 14.3. The molecule has 0 radical (unpaired) electrons. The van der Waals surface area contributed by atoms with Gasteiger partial charge >= 0.3 is 6.03 Å². The number of anilines is 3. The average Bonchev–Trinajstić information content (AvgIpc) is 2.68. The third-order valence-corrected chi connectivity index (χ3v) is 4.51. The first kappa shape index (κ1) is 18.8. The molecule has 144 valence electrons. The summed E-state index contributed by atoms with van der Waals surface area (Å²) in [5, 5.41) is 5.34. The van der Waals surface area contributed by atoms with E-state index in [2.05, 4.69) is 10.6 Å². The summed E-state index contributed by atoms with van der Waals surface area (Å²) >= 11 is 0. The number of amides is 2. The average molecular weight is 373 g/mol. The van der Waals surface area contributed by atoms with Gasteiger partial charge in [-0.3, -0.25) is 0 Å². The zero-order chi connectivity index (χ0) is 19.2. The van der Waals surface area contributed by atoms with Crippen molar-refractivity contribution in [3.63, 3.8) is 0 Å². The Morgan fingerprint density at radius 3 is 2.15 bits per heavy atom. The fourth-order valence-corrected chi connectivity index (χ4v) is 3.15. The highest BCUT2D eigenvalue weighted by molar-refractivity contribution is 6.00. The topological polar surface area (TPSA) is 62.8 Å². The van der Waals surface area contributed by atoms with Crippen molar-refractivity contribution >= 4 is 23.1 Å². The minimum Gasteiger partial charge on any atom is -0.497 e. The molecular formula is C20H24FN3O3. The molecule has 2 aromatic rings. The molecule has 7 heteroatoms. The summed E-state index contributed by atoms with van der Waals surface area (Å²) in [6, 6.07) is 9.33. The minimum atomic E-state index is -0.476. The molecule has 1 fully saturated rings. The first-order chi connectivity index (χ1) is 13.1. The molecule has 0 bridgehead atoms. The lowest BCUT2D eigenvalue weighted by molar-refractivity contribution is 0.262. The second kappa shape index (κ2) is 8.62. The lowest BCUT2D eigenvalue weighted by Crippen LogP contribution is -2.30. The van der Waals surface area contributed by atoms with Crippen molar-refractivity contribution in [2.75, 3.05) is 42.8 Å². The van der Waals surface area contributed by atoms with E-state index < -0.39 is 6.03 Å². The molecule has 0 saturated carbocycles. The number of ether oxygens (including phenoxy) is 2. The van der Waals surface area contributed by atoms with Gasteiger partial charge in [0.2, 0.25) is 0 Å². The molecule has 0 spiro atoms. The van der Waals surface area contributed by atoms with Crippen LogP contribution in [-0.2, 0) is 0 Å². The van der Waals surface area contributed by atoms with Crippen LogP contribution in [0.4, 0.5) is 26.2 Å². The predicted octanol–water partition coefficient (Wildman–Crippen LogP) is 4.48. The zero-order valence-electron chi connectivity index (χ0n) is 15.5. The summed E-state index contributed by atoms with van der Waals surface area (Å²) < 4.78 is 24.8. The van der Waals surface area contributed by atoms with Crippen LogP contribution in [0.1, 0.15) is 19.3 Å². The van der Waals surface area contributed by atoms with E-state index in [-0.39, 0.29) is 5.82 Å². The largest absolute Gasteiger partial charge is 0.497 e. The van der Waals surface area contributed by atoms with Crippen LogP contribution in [0.25, 0.3) is 0 Å². The third kappa shape index (κ3) is 4.81. The summed E-state index contributed by atoms with van der Waals surface area (Å²) in [5.74, 6) is 0.779. The number of carbonyl (C=O) groups is 1. The van der Waals surface area contributed by atoms with Gasteiger partial charge in [-0.15, -0.1) is 0 Å². The molecule has 2 N–H and O–H groups in total. The van der Waals surface area contributed by atoms with Crippen molar-refractivity contribution in [1.82, 2.24) is 0 Å². The number of methoxy groups -OCH3 is 2. The number of nitrogens with zero attached hydrogens (tertiary/aromatic N) is 1. The highest BCUT2D eigenvalue weighted by Gasteiger charge is 2.15. The van der Waals surface area contributed by atoms with Crippen molar-refractivity contribution < 1.29 is 18.7 Å². The van der Waals surface area contributed by atoms with Gasteiger partial charge in [-0.05, 0) is 37.5 Å². The molecule has 0 aliphatic carbocycles. The number of hydrogen-bond acceptors (Lipinski definition) is 4. The van der Waals surface area contributed by atoms with Gasteiger partial charge in [0.05, 0.1) is 19.9 Å². The molecule has 27 heavy (non-hydrogen) atoms. The molecule has 0 atom stereocenters. The normalized spacial score (nSPS) is 13.8. The monoisotopic (exact) mass is 373 g/mol. The molecule has 0 unspecified atom stereocenters. The fourth-order valence-electron chi connectivity index (χ4n) is 3.15. The molecule has 1 aliphatic rings. The number of benzene rings is 2. The van der Waals surface area contributed by atoms with E-state index in [1.165, 1.54) is 26.7 Å². The molecule has 1 heterocycles. The highest BCUT2D eigenvalue weighted by atomic mass is 19.1. The maximum absolute atomic E-state index is 14.5. The van der Waals surface area contributed by atoms with Gasteiger partial charge in [-0.25, -0.2) is 9.18 Å². The molecule has 2 amide bonds. The first-order valence-electron chi connectivity index (χ1n) is 8.94. The third-order valence-electron chi connectivity index (χ3n) is 4.51. The Bertz CT molecular complexity index is 785. The van der Waals surface area contributed by atoms with Crippen LogP contribution < -0.4 is 25.0 Å². The van der Waals surface area contributed by atoms with Crippen LogP contribution in [0, 0.1) is 5.82 Å². The van der Waals surface area contributed by atoms with E-state index >= 15 is 0 Å². The highest BCUT2D eigenvalue weighted by Crippen LogP contribution is 2.27. The predicted molar refractivity (Wildman–Crippen MR) is 105 cm³/mol. The number of halogens is 1. The van der Waals surface area contributed by atoms with Crippen molar-refractivity contribution in [3.05, 3.63) is 42.2 Å². The molecule has 1 saturated heterocycles. The van der Waals surface area contributed by atoms with Crippen LogP contribution in [0.5, 0.6) is 11.5 Å². The summed E-state index contributed by atoms with van der Waals surface area (Å²) in [6.07, 6.45) is 3.34. The Kier molecular flexibility index (Phi) is 6.01. The Labute approximate surface area is 158 Å². The van der Waals surface area contributed by atoms with Gasteiger partial charge in [-0.2, -0.15) is 0 Å². The van der Waals surface area contributed by atoms with Crippen LogP contribution in [0.15, 0.2) is 36.4 Å². The van der Waals surface area contributed by atoms with E-state index in [1.54, 1.807) is 30.3 Å². The summed E-state index contributed by atoms with van der Waals surface area (Å²) in [7, 11) is 3.07. The van der Waals surface area contributed by atoms with Gasteiger partial charge in [0.1, 0.15) is 17.3 Å². The van der Waals surface area contributed by atoms with E-state index in [4.69, 9.17) is 9.47 Å². The minimum absolute atomic E-state index is 0.335. The number of carbonyl (C=O) groups excluding carboxylic acids is 1. The summed E-state index contributed by atoms with van der Waals surface area (Å²) in [6.45, 7) is 1.73. The SMILES string of the molecule is COc1cc(NC(=O)Nc2ccc(N3CCCCC3)c(F)c2)cc(OC)c1. The van der Waals surface area contributed by atoms with E-state index in [0.717, 1.165) is 25.9 Å². The van der Waals surface area contributed by atoms with Crippen molar-refractivity contribution in [2.24, 2.45) is 0 Å². The number of nitrogens with one attached hydrogen (secondary N) is 2. The Morgan fingerprint density at radius 1 is 0.926 bits per heavy atom. The lowest BCUT2D eigenvalue weighted by atomic mass is 10.1. The lowest BCUT2D eigenvalue weighted by Gasteiger charge is -2.29. The van der Waals surface area contributed by atoms with Gasteiger partial charge in [0.25, 0.3) is 0 Å². The van der Waals surface area contributed by atoms with Crippen LogP contribution in [0.2, 0.25) is 0 Å². The van der Waals surface area contributed by atoms with Gasteiger partial charge < -0.3 is 25.0 Å². The van der Waals surface area contributed by atoms with Gasteiger partial charge in [0.15, 0.2) is 0 Å². The van der Waals surface area contributed by atoms with E-state index in [0.29, 0.717) is 28.6 Å². The molecular weight excluding hydrogens is 349 g/mol. The first-order valence-corrected chi connectivity index (χ1v) is 8.94. The van der Waals surface area contributed by atoms with Gasteiger partial charge in [-0.1, -0.05) is 0 Å². The van der Waals surface area contributed by atoms with Crippen molar-refractivity contribution in [2.45, 2.75) is 19.3 Å². The fraction of sp³-hybridized carbons (Fsp3) is 0.350. The maximum Gasteiger partial charge on any atom is 0.323 e. The quantitative estimate of drug-likeness (QED) is 0.811. The Balaban J connectivity index is 1.66. The number of hydrogen-bond donors (Lipinski definition) is 2. The van der Waals surface area contributed by atoms with Crippen molar-refractivity contribution in [1.29, 1.82) is 0 Å². The van der Waals surface area contributed by atoms with Gasteiger partial charge in [0, 0.05) is 42.7 Å². The molecule has 0 aromatic heterocycles. The van der Waals surface area contributed by atoms with Crippen LogP contribution in [0.3, 0.4) is 0 Å². The van der Waals surface area contributed by atoms with E-state index in [1.807, 2.05) is 4.90 Å². The standard InChI is InChI=1S/C20H24FN3O3/c1-26-16-10-15(11-17(13-16)27-2)23-20(25)22-14-6-7-19(18(21)12-14)24-8-4-3-5-9-24/h6-7,10-13H,3-5,8-9H2,1-2H3,(H2,22,23,25). The number of urea groups is 1. The van der Waals surface area contributed by atoms with Crippen LogP contribution >= 0.6 is 0 Å². The van der Waals surface area contributed by atoms with Crippen molar-refractivity contribution in [3.8, 4) is 11.5 Å². The zero-order valence-corrected chi connectivity index (χ0v) is 15.5. The number of piperidine rings is 1. The second-order valence-corrected chi connectivity index (χ2v) is 6.39. The van der Waals surface area contributed by atoms with E-state index in [9.17, 15) is 9.18 Å².